The van der Waals surface area contributed by atoms with Crippen LogP contribution in [0.2, 0.25) is 0 Å². The first-order valence-electron chi connectivity index (χ1n) is 9.43. The van der Waals surface area contributed by atoms with Gasteiger partial charge in [-0.3, -0.25) is 9.69 Å². The standard InChI is InChI=1S/C20H32N2O2/c1-2-3-4-5-6-11-20(23)21-16-18-9-7-8-10-19(18)17-22-12-14-24-15-13-22/h7-10H,2-6,11-17H2,1H3,(H,21,23). The van der Waals surface area contributed by atoms with Gasteiger partial charge in [0.15, 0.2) is 0 Å². The Morgan fingerprint density at radius 1 is 1.08 bits per heavy atom. The van der Waals surface area contributed by atoms with Crippen LogP contribution in [0.4, 0.5) is 0 Å². The zero-order chi connectivity index (χ0) is 17.0. The molecule has 1 saturated heterocycles. The maximum Gasteiger partial charge on any atom is 0.220 e. The monoisotopic (exact) mass is 332 g/mol. The summed E-state index contributed by atoms with van der Waals surface area (Å²) in [5.74, 6) is 0.174. The van der Waals surface area contributed by atoms with E-state index in [-0.39, 0.29) is 5.91 Å². The normalized spacial score (nSPS) is 15.4. The van der Waals surface area contributed by atoms with Crippen molar-refractivity contribution in [3.8, 4) is 0 Å². The third-order valence-electron chi connectivity index (χ3n) is 4.60. The van der Waals surface area contributed by atoms with Gasteiger partial charge < -0.3 is 10.1 Å². The van der Waals surface area contributed by atoms with Gasteiger partial charge in [-0.1, -0.05) is 56.9 Å². The van der Waals surface area contributed by atoms with Crippen molar-refractivity contribution in [3.05, 3.63) is 35.4 Å². The SMILES string of the molecule is CCCCCCCC(=O)NCc1ccccc1CN1CCOCC1. The minimum absolute atomic E-state index is 0.174. The van der Waals surface area contributed by atoms with Crippen molar-refractivity contribution < 1.29 is 9.53 Å². The second-order valence-corrected chi connectivity index (χ2v) is 6.60. The fraction of sp³-hybridized carbons (Fsp3) is 0.650. The van der Waals surface area contributed by atoms with Crippen molar-refractivity contribution in [1.29, 1.82) is 0 Å². The molecule has 1 aliphatic rings. The van der Waals surface area contributed by atoms with Crippen molar-refractivity contribution >= 4 is 5.91 Å². The number of amides is 1. The first kappa shape index (κ1) is 18.9. The molecule has 0 saturated carbocycles. The summed E-state index contributed by atoms with van der Waals surface area (Å²) in [6.45, 7) is 7.38. The molecule has 1 fully saturated rings. The predicted molar refractivity (Wildman–Crippen MR) is 97.8 cm³/mol. The van der Waals surface area contributed by atoms with Gasteiger partial charge in [-0.15, -0.1) is 0 Å². The van der Waals surface area contributed by atoms with Crippen molar-refractivity contribution in [2.24, 2.45) is 0 Å². The molecule has 24 heavy (non-hydrogen) atoms. The number of nitrogens with zero attached hydrogens (tertiary/aromatic N) is 1. The van der Waals surface area contributed by atoms with Crippen molar-refractivity contribution in [2.75, 3.05) is 26.3 Å². The Labute approximate surface area is 146 Å². The van der Waals surface area contributed by atoms with E-state index in [1.807, 2.05) is 0 Å². The summed E-state index contributed by atoms with van der Waals surface area (Å²) in [5.41, 5.74) is 2.53. The fourth-order valence-electron chi connectivity index (χ4n) is 3.06. The molecule has 2 rings (SSSR count). The molecule has 0 spiro atoms. The molecule has 0 radical (unpaired) electrons. The van der Waals surface area contributed by atoms with E-state index in [1.165, 1.54) is 30.4 Å². The molecule has 0 bridgehead atoms. The third kappa shape index (κ3) is 7.02. The Balaban J connectivity index is 1.74. The van der Waals surface area contributed by atoms with Crippen LogP contribution in [0.15, 0.2) is 24.3 Å². The number of benzene rings is 1. The fourth-order valence-corrected chi connectivity index (χ4v) is 3.06. The number of hydrogen-bond donors (Lipinski definition) is 1. The zero-order valence-corrected chi connectivity index (χ0v) is 15.1. The minimum Gasteiger partial charge on any atom is -0.379 e. The van der Waals surface area contributed by atoms with Crippen molar-refractivity contribution in [3.63, 3.8) is 0 Å². The lowest BCUT2D eigenvalue weighted by atomic mass is 10.1. The van der Waals surface area contributed by atoms with Crippen LogP contribution in [0.25, 0.3) is 0 Å². The van der Waals surface area contributed by atoms with Gasteiger partial charge in [-0.25, -0.2) is 0 Å². The first-order valence-corrected chi connectivity index (χ1v) is 9.43. The van der Waals surface area contributed by atoms with Crippen molar-refractivity contribution in [1.82, 2.24) is 10.2 Å². The highest BCUT2D eigenvalue weighted by Gasteiger charge is 2.13. The molecule has 0 atom stereocenters. The molecular formula is C20H32N2O2. The molecule has 4 heteroatoms. The summed E-state index contributed by atoms with van der Waals surface area (Å²) in [6.07, 6.45) is 6.57. The minimum atomic E-state index is 0.174. The number of ether oxygens (including phenoxy) is 1. The maximum absolute atomic E-state index is 12.0. The number of morpholine rings is 1. The zero-order valence-electron chi connectivity index (χ0n) is 15.1. The number of nitrogens with one attached hydrogen (secondary N) is 1. The number of carbonyl (C=O) groups excluding carboxylic acids is 1. The highest BCUT2D eigenvalue weighted by atomic mass is 16.5. The average molecular weight is 332 g/mol. The van der Waals surface area contributed by atoms with E-state index in [0.717, 1.165) is 45.7 Å². The van der Waals surface area contributed by atoms with Crippen LogP contribution in [-0.4, -0.2) is 37.1 Å². The molecule has 1 aromatic rings. The van der Waals surface area contributed by atoms with Gasteiger partial charge in [0.05, 0.1) is 13.2 Å². The number of rotatable bonds is 10. The van der Waals surface area contributed by atoms with E-state index in [1.54, 1.807) is 0 Å². The molecule has 1 aromatic carbocycles. The molecule has 0 unspecified atom stereocenters. The second-order valence-electron chi connectivity index (χ2n) is 6.60. The highest BCUT2D eigenvalue weighted by molar-refractivity contribution is 5.75. The van der Waals surface area contributed by atoms with Crippen LogP contribution < -0.4 is 5.32 Å². The summed E-state index contributed by atoms with van der Waals surface area (Å²) in [5, 5.41) is 3.09. The largest absolute Gasteiger partial charge is 0.379 e. The molecule has 1 amide bonds. The summed E-state index contributed by atoms with van der Waals surface area (Å²) in [7, 11) is 0. The highest BCUT2D eigenvalue weighted by Crippen LogP contribution is 2.13. The lowest BCUT2D eigenvalue weighted by Gasteiger charge is -2.27. The maximum atomic E-state index is 12.0. The molecule has 1 N–H and O–H groups in total. The molecular weight excluding hydrogens is 300 g/mol. The van der Waals surface area contributed by atoms with E-state index < -0.39 is 0 Å². The first-order chi connectivity index (χ1) is 11.8. The van der Waals surface area contributed by atoms with Gasteiger partial charge in [-0.2, -0.15) is 0 Å². The van der Waals surface area contributed by atoms with Gasteiger partial charge in [0.2, 0.25) is 5.91 Å². The Bertz CT molecular complexity index is 484. The average Bonchev–Trinajstić information content (AvgIpc) is 2.62. The molecule has 4 nitrogen and oxygen atoms in total. The number of carbonyl (C=O) groups is 1. The van der Waals surface area contributed by atoms with E-state index in [2.05, 4.69) is 41.4 Å². The van der Waals surface area contributed by atoms with E-state index in [4.69, 9.17) is 4.74 Å². The van der Waals surface area contributed by atoms with Crippen LogP contribution in [0.1, 0.15) is 56.6 Å². The van der Waals surface area contributed by atoms with Crippen LogP contribution in [0, 0.1) is 0 Å². The van der Waals surface area contributed by atoms with Gasteiger partial charge in [-0.05, 0) is 17.5 Å². The Morgan fingerprint density at radius 3 is 2.54 bits per heavy atom. The Kier molecular flexibility index (Phi) is 8.85. The van der Waals surface area contributed by atoms with Crippen molar-refractivity contribution in [2.45, 2.75) is 58.5 Å². The molecule has 1 heterocycles. The molecule has 134 valence electrons. The molecule has 1 aliphatic heterocycles. The lowest BCUT2D eigenvalue weighted by Crippen LogP contribution is -2.36. The Hall–Kier alpha value is -1.39. The quantitative estimate of drug-likeness (QED) is 0.667. The molecule has 0 aromatic heterocycles. The molecule has 0 aliphatic carbocycles. The third-order valence-corrected chi connectivity index (χ3v) is 4.60. The van der Waals surface area contributed by atoms with Gasteiger partial charge in [0.1, 0.15) is 0 Å². The van der Waals surface area contributed by atoms with E-state index >= 15 is 0 Å². The number of unbranched alkanes of at least 4 members (excludes halogenated alkanes) is 4. The summed E-state index contributed by atoms with van der Waals surface area (Å²) in [4.78, 5) is 14.4. The van der Waals surface area contributed by atoms with Gasteiger partial charge >= 0.3 is 0 Å². The van der Waals surface area contributed by atoms with Gasteiger partial charge in [0, 0.05) is 32.6 Å². The van der Waals surface area contributed by atoms with Crippen LogP contribution in [0.3, 0.4) is 0 Å². The smallest absolute Gasteiger partial charge is 0.220 e. The second kappa shape index (κ2) is 11.2. The summed E-state index contributed by atoms with van der Waals surface area (Å²) < 4.78 is 5.41. The van der Waals surface area contributed by atoms with Crippen LogP contribution >= 0.6 is 0 Å². The van der Waals surface area contributed by atoms with E-state index in [9.17, 15) is 4.79 Å². The number of hydrogen-bond acceptors (Lipinski definition) is 3. The summed E-state index contributed by atoms with van der Waals surface area (Å²) >= 11 is 0. The van der Waals surface area contributed by atoms with Crippen LogP contribution in [-0.2, 0) is 22.6 Å². The van der Waals surface area contributed by atoms with Crippen LogP contribution in [0.5, 0.6) is 0 Å². The lowest BCUT2D eigenvalue weighted by molar-refractivity contribution is -0.121. The van der Waals surface area contributed by atoms with Gasteiger partial charge in [0.25, 0.3) is 0 Å². The topological polar surface area (TPSA) is 41.6 Å². The summed E-state index contributed by atoms with van der Waals surface area (Å²) in [6, 6.07) is 8.42. The van der Waals surface area contributed by atoms with E-state index in [0.29, 0.717) is 13.0 Å². The predicted octanol–water partition coefficient (Wildman–Crippen LogP) is 3.50. The Morgan fingerprint density at radius 2 is 1.79 bits per heavy atom.